The van der Waals surface area contributed by atoms with E-state index in [9.17, 15) is 4.79 Å². The van der Waals surface area contributed by atoms with Gasteiger partial charge in [-0.2, -0.15) is 0 Å². The van der Waals surface area contributed by atoms with Gasteiger partial charge in [0.2, 0.25) is 5.91 Å². The van der Waals surface area contributed by atoms with Gasteiger partial charge < -0.3 is 10.5 Å². The van der Waals surface area contributed by atoms with Gasteiger partial charge in [-0.25, -0.2) is 4.99 Å². The zero-order valence-electron chi connectivity index (χ0n) is 14.2. The Morgan fingerprint density at radius 1 is 1.41 bits per heavy atom. The smallest absolute Gasteiger partial charge is 0.231 e. The molecule has 124 valence electrons. The number of carbonyl (C=O) groups is 1. The number of nitrogens with two attached hydrogens (primary N) is 1. The van der Waals surface area contributed by atoms with Gasteiger partial charge in [0, 0.05) is 19.8 Å². The Hall–Kier alpha value is -1.54. The van der Waals surface area contributed by atoms with Gasteiger partial charge in [0.1, 0.15) is 0 Å². The molecule has 1 aliphatic heterocycles. The summed E-state index contributed by atoms with van der Waals surface area (Å²) in [6.45, 7) is 6.70. The molecule has 2 saturated carbocycles. The summed E-state index contributed by atoms with van der Waals surface area (Å²) in [7, 11) is 1.68. The number of carbonyl (C=O) groups excluding carboxylic acids is 1. The predicted molar refractivity (Wildman–Crippen MR) is 89.2 cm³/mol. The number of aliphatic imine (C=N–C) groups is 1. The van der Waals surface area contributed by atoms with Crippen LogP contribution in [0.5, 0.6) is 0 Å². The highest BCUT2D eigenvalue weighted by Gasteiger charge is 2.53. The van der Waals surface area contributed by atoms with Gasteiger partial charge in [0.15, 0.2) is 5.96 Å². The fourth-order valence-electron chi connectivity index (χ4n) is 2.87. The van der Waals surface area contributed by atoms with Crippen LogP contribution in [0.2, 0.25) is 0 Å². The molecule has 1 heterocycles. The van der Waals surface area contributed by atoms with E-state index in [1.165, 1.54) is 12.8 Å². The lowest BCUT2D eigenvalue weighted by molar-refractivity contribution is -0.129. The first kappa shape index (κ1) is 18.5. The highest BCUT2D eigenvalue weighted by molar-refractivity contribution is 5.99. The first-order valence-corrected chi connectivity index (χ1v) is 7.89. The average molecular weight is 307 g/mol. The second-order valence-corrected chi connectivity index (χ2v) is 6.60. The maximum atomic E-state index is 12.1. The number of rotatable bonds is 3. The number of hydrogen-bond donors (Lipinski definition) is 1. The normalized spacial score (nSPS) is 28.5. The molecule has 2 fully saturated rings. The average Bonchev–Trinajstić information content (AvgIpc) is 3.31. The second kappa shape index (κ2) is 7.64. The standard InChI is InChI=1S/C12H19N3O.C3H8O.C2H2/c1-12(2)6-10(16)15(11(13)14-12)9-5-8(9)7-3-4-7;1-3-4-2;1-2/h7-9H,3-6H2,1-2H3,(H2,13,14);3H2,1-2H3;1-2H/t8-,9?;;/m0../s1. The summed E-state index contributed by atoms with van der Waals surface area (Å²) >= 11 is 0. The fraction of sp³-hybridized carbons (Fsp3) is 0.765. The van der Waals surface area contributed by atoms with Crippen molar-refractivity contribution in [2.24, 2.45) is 22.6 Å². The van der Waals surface area contributed by atoms with Crippen molar-refractivity contribution in [2.75, 3.05) is 13.7 Å². The summed E-state index contributed by atoms with van der Waals surface area (Å²) in [4.78, 5) is 18.2. The van der Waals surface area contributed by atoms with Crippen LogP contribution in [0.1, 0.15) is 46.5 Å². The Morgan fingerprint density at radius 2 is 1.95 bits per heavy atom. The lowest BCUT2D eigenvalue weighted by atomic mass is 9.99. The van der Waals surface area contributed by atoms with Gasteiger partial charge in [-0.15, -0.1) is 12.8 Å². The molecule has 0 bridgehead atoms. The first-order chi connectivity index (χ1) is 10.4. The van der Waals surface area contributed by atoms with E-state index in [2.05, 4.69) is 22.6 Å². The van der Waals surface area contributed by atoms with Crippen molar-refractivity contribution in [2.45, 2.75) is 58.0 Å². The SMILES string of the molecule is C#C.CC1(C)CC(=O)N(C2C[C@H]2C2CC2)C(N)=N1.CCOC. The molecule has 2 aliphatic carbocycles. The third kappa shape index (κ3) is 4.74. The van der Waals surface area contributed by atoms with Crippen molar-refractivity contribution in [1.82, 2.24) is 4.90 Å². The number of hydrogen-bond acceptors (Lipinski definition) is 4. The molecule has 0 aromatic heterocycles. The third-order valence-electron chi connectivity index (χ3n) is 4.17. The van der Waals surface area contributed by atoms with Crippen LogP contribution in [0.15, 0.2) is 4.99 Å². The van der Waals surface area contributed by atoms with Crippen LogP contribution in [0, 0.1) is 24.7 Å². The Labute approximate surface area is 134 Å². The topological polar surface area (TPSA) is 67.9 Å². The van der Waals surface area contributed by atoms with Crippen molar-refractivity contribution in [3.8, 4) is 12.8 Å². The predicted octanol–water partition coefficient (Wildman–Crippen LogP) is 2.01. The van der Waals surface area contributed by atoms with Crippen LogP contribution in [0.3, 0.4) is 0 Å². The monoisotopic (exact) mass is 307 g/mol. The lowest BCUT2D eigenvalue weighted by Crippen LogP contribution is -2.51. The van der Waals surface area contributed by atoms with Gasteiger partial charge in [-0.05, 0) is 51.9 Å². The molecule has 0 saturated heterocycles. The summed E-state index contributed by atoms with van der Waals surface area (Å²) in [5.74, 6) is 2.17. The van der Waals surface area contributed by atoms with Crippen LogP contribution >= 0.6 is 0 Å². The maximum absolute atomic E-state index is 12.1. The maximum Gasteiger partial charge on any atom is 0.231 e. The van der Waals surface area contributed by atoms with Crippen molar-refractivity contribution in [3.63, 3.8) is 0 Å². The number of methoxy groups -OCH3 is 1. The number of amides is 1. The minimum absolute atomic E-state index is 0.158. The molecular formula is C17H29N3O2. The third-order valence-corrected chi connectivity index (χ3v) is 4.17. The highest BCUT2D eigenvalue weighted by Crippen LogP contribution is 2.52. The van der Waals surface area contributed by atoms with Crippen LogP contribution in [-0.4, -0.2) is 42.1 Å². The van der Waals surface area contributed by atoms with E-state index in [0.29, 0.717) is 24.3 Å². The van der Waals surface area contributed by atoms with Gasteiger partial charge >= 0.3 is 0 Å². The van der Waals surface area contributed by atoms with E-state index < -0.39 is 0 Å². The fourth-order valence-corrected chi connectivity index (χ4v) is 2.87. The molecule has 22 heavy (non-hydrogen) atoms. The zero-order valence-corrected chi connectivity index (χ0v) is 14.2. The first-order valence-electron chi connectivity index (χ1n) is 7.89. The molecule has 0 aromatic rings. The molecule has 2 N–H and O–H groups in total. The van der Waals surface area contributed by atoms with Crippen LogP contribution < -0.4 is 5.73 Å². The Kier molecular flexibility index (Phi) is 6.43. The molecule has 1 unspecified atom stereocenters. The molecule has 0 spiro atoms. The Balaban J connectivity index is 0.000000354. The molecule has 0 radical (unpaired) electrons. The van der Waals surface area contributed by atoms with E-state index in [4.69, 9.17) is 5.73 Å². The van der Waals surface area contributed by atoms with E-state index >= 15 is 0 Å². The van der Waals surface area contributed by atoms with Crippen molar-refractivity contribution in [1.29, 1.82) is 0 Å². The summed E-state index contributed by atoms with van der Waals surface area (Å²) in [5, 5.41) is 0. The molecule has 5 heteroatoms. The second-order valence-electron chi connectivity index (χ2n) is 6.60. The number of terminal acetylenes is 1. The van der Waals surface area contributed by atoms with E-state index in [-0.39, 0.29) is 11.4 Å². The van der Waals surface area contributed by atoms with E-state index in [0.717, 1.165) is 18.9 Å². The van der Waals surface area contributed by atoms with Gasteiger partial charge in [-0.3, -0.25) is 9.69 Å². The number of ether oxygens (including phenoxy) is 1. The van der Waals surface area contributed by atoms with Crippen molar-refractivity contribution >= 4 is 11.9 Å². The molecule has 2 atom stereocenters. The minimum Gasteiger partial charge on any atom is -0.385 e. The minimum atomic E-state index is -0.318. The van der Waals surface area contributed by atoms with Crippen molar-refractivity contribution < 1.29 is 9.53 Å². The lowest BCUT2D eigenvalue weighted by Gasteiger charge is -2.33. The largest absolute Gasteiger partial charge is 0.385 e. The number of guanidine groups is 1. The highest BCUT2D eigenvalue weighted by atomic mass is 16.5. The van der Waals surface area contributed by atoms with Crippen LogP contribution in [0.25, 0.3) is 0 Å². The molecule has 5 nitrogen and oxygen atoms in total. The van der Waals surface area contributed by atoms with Gasteiger partial charge in [-0.1, -0.05) is 0 Å². The molecular weight excluding hydrogens is 278 g/mol. The Bertz CT molecular complexity index is 436. The molecule has 3 rings (SSSR count). The van der Waals surface area contributed by atoms with Crippen LogP contribution in [0.4, 0.5) is 0 Å². The molecule has 0 aromatic carbocycles. The van der Waals surface area contributed by atoms with Gasteiger partial charge in [0.05, 0.1) is 12.0 Å². The van der Waals surface area contributed by atoms with E-state index in [1.54, 1.807) is 12.0 Å². The van der Waals surface area contributed by atoms with Crippen molar-refractivity contribution in [3.05, 3.63) is 0 Å². The molecule has 3 aliphatic rings. The van der Waals surface area contributed by atoms with Gasteiger partial charge in [0.25, 0.3) is 0 Å². The zero-order chi connectivity index (χ0) is 16.9. The van der Waals surface area contributed by atoms with Crippen LogP contribution in [-0.2, 0) is 9.53 Å². The summed E-state index contributed by atoms with van der Waals surface area (Å²) in [6.07, 6.45) is 12.3. The summed E-state index contributed by atoms with van der Waals surface area (Å²) < 4.78 is 4.54. The summed E-state index contributed by atoms with van der Waals surface area (Å²) in [5.41, 5.74) is 5.61. The summed E-state index contributed by atoms with van der Waals surface area (Å²) in [6, 6.07) is 0.361. The molecule has 1 amide bonds. The number of nitrogens with zero attached hydrogens (tertiary/aromatic N) is 2. The van der Waals surface area contributed by atoms with E-state index in [1.807, 2.05) is 20.8 Å². The Morgan fingerprint density at radius 3 is 2.36 bits per heavy atom. The quantitative estimate of drug-likeness (QED) is 0.811.